The number of aromatic nitrogens is 1. The topological polar surface area (TPSA) is 79.4 Å². The average molecular weight is 323 g/mol. The van der Waals surface area contributed by atoms with Gasteiger partial charge < -0.3 is 5.32 Å². The van der Waals surface area contributed by atoms with Gasteiger partial charge in [0.05, 0.1) is 23.4 Å². The Bertz CT molecular complexity index is 802. The fourth-order valence-corrected chi connectivity index (χ4v) is 2.60. The first-order valence-electron chi connectivity index (χ1n) is 7.69. The highest BCUT2D eigenvalue weighted by atomic mass is 16.2. The summed E-state index contributed by atoms with van der Waals surface area (Å²) in [7, 11) is 0. The van der Waals surface area contributed by atoms with Gasteiger partial charge in [-0.2, -0.15) is 0 Å². The number of aryl methyl sites for hydroxylation is 1. The standard InChI is InChI=1S/C18H17N3O3/c1-12-5-6-14-15(10-12)18(24)21(17(14)23)9-7-16(22)20-11-13-4-2-3-8-19-13/h2-6,8,10H,7,9,11H2,1H3,(H,20,22). The van der Waals surface area contributed by atoms with Crippen LogP contribution in [0.1, 0.15) is 38.4 Å². The Morgan fingerprint density at radius 3 is 2.67 bits per heavy atom. The lowest BCUT2D eigenvalue weighted by Crippen LogP contribution is -2.34. The van der Waals surface area contributed by atoms with E-state index in [9.17, 15) is 14.4 Å². The zero-order chi connectivity index (χ0) is 17.1. The van der Waals surface area contributed by atoms with Crippen molar-refractivity contribution >= 4 is 17.7 Å². The minimum Gasteiger partial charge on any atom is -0.350 e. The highest BCUT2D eigenvalue weighted by Gasteiger charge is 2.35. The molecule has 1 N–H and O–H groups in total. The molecule has 2 heterocycles. The average Bonchev–Trinajstić information content (AvgIpc) is 2.82. The van der Waals surface area contributed by atoms with E-state index in [2.05, 4.69) is 10.3 Å². The lowest BCUT2D eigenvalue weighted by molar-refractivity contribution is -0.121. The molecule has 0 fully saturated rings. The monoisotopic (exact) mass is 323 g/mol. The van der Waals surface area contributed by atoms with Gasteiger partial charge in [0.2, 0.25) is 5.91 Å². The molecule has 0 unspecified atom stereocenters. The van der Waals surface area contributed by atoms with Gasteiger partial charge in [-0.3, -0.25) is 24.3 Å². The van der Waals surface area contributed by atoms with Gasteiger partial charge in [0.25, 0.3) is 11.8 Å². The van der Waals surface area contributed by atoms with Crippen LogP contribution in [0.4, 0.5) is 0 Å². The van der Waals surface area contributed by atoms with Crippen LogP contribution in [-0.4, -0.2) is 34.2 Å². The Morgan fingerprint density at radius 1 is 1.12 bits per heavy atom. The van der Waals surface area contributed by atoms with Crippen LogP contribution in [0.15, 0.2) is 42.6 Å². The lowest BCUT2D eigenvalue weighted by atomic mass is 10.1. The van der Waals surface area contributed by atoms with Gasteiger partial charge >= 0.3 is 0 Å². The summed E-state index contributed by atoms with van der Waals surface area (Å²) >= 11 is 0. The number of carbonyl (C=O) groups is 3. The summed E-state index contributed by atoms with van der Waals surface area (Å²) in [6, 6.07) is 10.6. The number of pyridine rings is 1. The molecular weight excluding hydrogens is 306 g/mol. The maximum atomic E-state index is 12.3. The zero-order valence-corrected chi connectivity index (χ0v) is 13.3. The van der Waals surface area contributed by atoms with Crippen molar-refractivity contribution in [2.24, 2.45) is 0 Å². The molecule has 1 aliphatic rings. The smallest absolute Gasteiger partial charge is 0.261 e. The fraction of sp³-hybridized carbons (Fsp3) is 0.222. The fourth-order valence-electron chi connectivity index (χ4n) is 2.60. The number of hydrogen-bond donors (Lipinski definition) is 1. The van der Waals surface area contributed by atoms with E-state index in [-0.39, 0.29) is 30.7 Å². The molecule has 0 radical (unpaired) electrons. The quantitative estimate of drug-likeness (QED) is 0.849. The van der Waals surface area contributed by atoms with Gasteiger partial charge in [-0.1, -0.05) is 17.7 Å². The first-order valence-corrected chi connectivity index (χ1v) is 7.69. The predicted octanol–water partition coefficient (Wildman–Crippen LogP) is 1.69. The number of hydrogen-bond acceptors (Lipinski definition) is 4. The van der Waals surface area contributed by atoms with Crippen molar-refractivity contribution in [2.75, 3.05) is 6.54 Å². The molecule has 3 rings (SSSR count). The molecule has 0 aliphatic carbocycles. The molecule has 24 heavy (non-hydrogen) atoms. The number of amides is 3. The molecular formula is C18H17N3O3. The maximum absolute atomic E-state index is 12.3. The van der Waals surface area contributed by atoms with Crippen molar-refractivity contribution in [2.45, 2.75) is 19.9 Å². The van der Waals surface area contributed by atoms with Crippen molar-refractivity contribution in [1.29, 1.82) is 0 Å². The van der Waals surface area contributed by atoms with Crippen LogP contribution in [0.5, 0.6) is 0 Å². The number of imide groups is 1. The van der Waals surface area contributed by atoms with Crippen molar-refractivity contribution in [1.82, 2.24) is 15.2 Å². The van der Waals surface area contributed by atoms with Crippen molar-refractivity contribution in [3.05, 3.63) is 65.0 Å². The van der Waals surface area contributed by atoms with Crippen molar-refractivity contribution < 1.29 is 14.4 Å². The van der Waals surface area contributed by atoms with Gasteiger partial charge in [0, 0.05) is 19.2 Å². The van der Waals surface area contributed by atoms with Crippen molar-refractivity contribution in [3.8, 4) is 0 Å². The number of carbonyl (C=O) groups excluding carboxylic acids is 3. The number of rotatable bonds is 5. The SMILES string of the molecule is Cc1ccc2c(c1)C(=O)N(CCC(=O)NCc1ccccn1)C2=O. The van der Waals surface area contributed by atoms with Crippen LogP contribution >= 0.6 is 0 Å². The Hall–Kier alpha value is -3.02. The first kappa shape index (κ1) is 15.9. The van der Waals surface area contributed by atoms with E-state index in [0.29, 0.717) is 17.7 Å². The lowest BCUT2D eigenvalue weighted by Gasteiger charge is -2.13. The van der Waals surface area contributed by atoms with E-state index in [4.69, 9.17) is 0 Å². The maximum Gasteiger partial charge on any atom is 0.261 e. The molecule has 0 atom stereocenters. The van der Waals surface area contributed by atoms with E-state index >= 15 is 0 Å². The van der Waals surface area contributed by atoms with Gasteiger partial charge in [-0.25, -0.2) is 0 Å². The van der Waals surface area contributed by atoms with E-state index in [1.807, 2.05) is 19.1 Å². The number of nitrogens with one attached hydrogen (secondary N) is 1. The minimum absolute atomic E-state index is 0.0668. The Labute approximate surface area is 139 Å². The second-order valence-electron chi connectivity index (χ2n) is 5.66. The molecule has 2 aromatic rings. The van der Waals surface area contributed by atoms with Gasteiger partial charge in [-0.05, 0) is 31.2 Å². The molecule has 6 nitrogen and oxygen atoms in total. The van der Waals surface area contributed by atoms with Gasteiger partial charge in [-0.15, -0.1) is 0 Å². The van der Waals surface area contributed by atoms with Crippen LogP contribution in [-0.2, 0) is 11.3 Å². The van der Waals surface area contributed by atoms with Gasteiger partial charge in [0.1, 0.15) is 0 Å². The number of fused-ring (bicyclic) bond motifs is 1. The van der Waals surface area contributed by atoms with E-state index in [1.165, 1.54) is 0 Å². The molecule has 1 aromatic carbocycles. The van der Waals surface area contributed by atoms with E-state index in [1.54, 1.807) is 30.5 Å². The molecule has 6 heteroatoms. The minimum atomic E-state index is -0.340. The van der Waals surface area contributed by atoms with Crippen LogP contribution in [0.3, 0.4) is 0 Å². The molecule has 1 aromatic heterocycles. The second-order valence-corrected chi connectivity index (χ2v) is 5.66. The summed E-state index contributed by atoms with van der Waals surface area (Å²) in [5.41, 5.74) is 2.49. The highest BCUT2D eigenvalue weighted by molar-refractivity contribution is 6.21. The van der Waals surface area contributed by atoms with Crippen LogP contribution in [0.25, 0.3) is 0 Å². The van der Waals surface area contributed by atoms with Crippen LogP contribution < -0.4 is 5.32 Å². The Kier molecular flexibility index (Phi) is 4.37. The molecule has 0 spiro atoms. The van der Waals surface area contributed by atoms with Crippen LogP contribution in [0.2, 0.25) is 0 Å². The summed E-state index contributed by atoms with van der Waals surface area (Å²) in [4.78, 5) is 41.8. The van der Waals surface area contributed by atoms with Gasteiger partial charge in [0.15, 0.2) is 0 Å². The Balaban J connectivity index is 1.56. The second kappa shape index (κ2) is 6.62. The summed E-state index contributed by atoms with van der Waals surface area (Å²) in [5.74, 6) is -0.905. The molecule has 1 aliphatic heterocycles. The summed E-state index contributed by atoms with van der Waals surface area (Å²) in [5, 5.41) is 2.73. The number of nitrogens with zero attached hydrogens (tertiary/aromatic N) is 2. The largest absolute Gasteiger partial charge is 0.350 e. The summed E-state index contributed by atoms with van der Waals surface area (Å²) < 4.78 is 0. The molecule has 0 bridgehead atoms. The molecule has 122 valence electrons. The molecule has 3 amide bonds. The van der Waals surface area contributed by atoms with Crippen molar-refractivity contribution in [3.63, 3.8) is 0 Å². The molecule has 0 saturated heterocycles. The van der Waals surface area contributed by atoms with E-state index in [0.717, 1.165) is 16.2 Å². The van der Waals surface area contributed by atoms with Crippen LogP contribution in [0, 0.1) is 6.92 Å². The first-order chi connectivity index (χ1) is 11.6. The third-order valence-corrected chi connectivity index (χ3v) is 3.88. The third kappa shape index (κ3) is 3.17. The highest BCUT2D eigenvalue weighted by Crippen LogP contribution is 2.23. The number of benzene rings is 1. The Morgan fingerprint density at radius 2 is 1.92 bits per heavy atom. The normalized spacial score (nSPS) is 13.1. The third-order valence-electron chi connectivity index (χ3n) is 3.88. The summed E-state index contributed by atoms with van der Waals surface area (Å²) in [6.45, 7) is 2.26. The predicted molar refractivity (Wildman–Crippen MR) is 87.2 cm³/mol. The zero-order valence-electron chi connectivity index (χ0n) is 13.3. The summed E-state index contributed by atoms with van der Waals surface area (Å²) in [6.07, 6.45) is 1.72. The van der Waals surface area contributed by atoms with E-state index < -0.39 is 0 Å². The molecule has 0 saturated carbocycles.